The van der Waals surface area contributed by atoms with Gasteiger partial charge >= 0.3 is 0 Å². The lowest BCUT2D eigenvalue weighted by molar-refractivity contribution is -0.117. The zero-order valence-electron chi connectivity index (χ0n) is 15.5. The summed E-state index contributed by atoms with van der Waals surface area (Å²) in [6, 6.07) is 15.5. The van der Waals surface area contributed by atoms with Crippen LogP contribution >= 0.6 is 15.9 Å². The Morgan fingerprint density at radius 1 is 1.14 bits per heavy atom. The fourth-order valence-corrected chi connectivity index (χ4v) is 3.84. The second kappa shape index (κ2) is 7.59. The van der Waals surface area contributed by atoms with Crippen LogP contribution in [0.25, 0.3) is 10.1 Å². The molecule has 6 nitrogen and oxygen atoms in total. The van der Waals surface area contributed by atoms with Gasteiger partial charge in [-0.3, -0.25) is 4.79 Å². The third kappa shape index (κ3) is 3.45. The predicted molar refractivity (Wildman–Crippen MR) is 110 cm³/mol. The quantitative estimate of drug-likeness (QED) is 0.594. The SMILES string of the molecule is COc1ccc(CN2C(=O)CC(c3nnc(C)o3)=C(Br)c3ccccc32)cc1. The van der Waals surface area contributed by atoms with Gasteiger partial charge in [0.1, 0.15) is 5.75 Å². The number of aromatic nitrogens is 2. The number of ether oxygens (including phenoxy) is 1. The van der Waals surface area contributed by atoms with Gasteiger partial charge in [-0.05, 0) is 39.7 Å². The fourth-order valence-electron chi connectivity index (χ4n) is 3.19. The van der Waals surface area contributed by atoms with Crippen molar-refractivity contribution >= 4 is 37.6 Å². The molecule has 0 radical (unpaired) electrons. The van der Waals surface area contributed by atoms with Crippen molar-refractivity contribution in [1.29, 1.82) is 0 Å². The Hall–Kier alpha value is -2.93. The van der Waals surface area contributed by atoms with Gasteiger partial charge in [0.05, 0.1) is 25.8 Å². The highest BCUT2D eigenvalue weighted by atomic mass is 79.9. The zero-order valence-corrected chi connectivity index (χ0v) is 17.1. The molecule has 0 bridgehead atoms. The molecule has 0 spiro atoms. The molecule has 142 valence electrons. The van der Waals surface area contributed by atoms with E-state index in [0.29, 0.717) is 23.9 Å². The Kier molecular flexibility index (Phi) is 5.00. The van der Waals surface area contributed by atoms with E-state index in [-0.39, 0.29) is 12.3 Å². The minimum Gasteiger partial charge on any atom is -0.497 e. The Bertz CT molecular complexity index is 1060. The lowest BCUT2D eigenvalue weighted by atomic mass is 10.1. The topological polar surface area (TPSA) is 68.5 Å². The summed E-state index contributed by atoms with van der Waals surface area (Å²) in [6.45, 7) is 2.18. The molecule has 1 aliphatic rings. The van der Waals surface area contributed by atoms with Crippen molar-refractivity contribution in [2.45, 2.75) is 19.9 Å². The number of amides is 1. The molecule has 1 amide bonds. The number of fused-ring (bicyclic) bond motifs is 1. The highest BCUT2D eigenvalue weighted by molar-refractivity contribution is 9.15. The maximum atomic E-state index is 13.2. The van der Waals surface area contributed by atoms with Crippen LogP contribution in [0.4, 0.5) is 5.69 Å². The first kappa shape index (κ1) is 18.4. The minimum absolute atomic E-state index is 0.0384. The fraction of sp³-hybridized carbons (Fsp3) is 0.190. The van der Waals surface area contributed by atoms with Crippen LogP contribution in [-0.2, 0) is 11.3 Å². The maximum absolute atomic E-state index is 13.2. The lowest BCUT2D eigenvalue weighted by Crippen LogP contribution is -2.30. The van der Waals surface area contributed by atoms with E-state index in [1.165, 1.54) is 0 Å². The molecule has 0 unspecified atom stereocenters. The molecule has 7 heteroatoms. The van der Waals surface area contributed by atoms with Gasteiger partial charge in [0.2, 0.25) is 17.7 Å². The molecule has 1 aromatic heterocycles. The van der Waals surface area contributed by atoms with Crippen LogP contribution in [0, 0.1) is 6.92 Å². The third-order valence-electron chi connectivity index (χ3n) is 4.61. The van der Waals surface area contributed by atoms with E-state index in [9.17, 15) is 4.79 Å². The lowest BCUT2D eigenvalue weighted by Gasteiger charge is -2.23. The van der Waals surface area contributed by atoms with Crippen molar-refractivity contribution in [1.82, 2.24) is 10.2 Å². The summed E-state index contributed by atoms with van der Waals surface area (Å²) >= 11 is 3.67. The van der Waals surface area contributed by atoms with E-state index in [1.54, 1.807) is 18.9 Å². The van der Waals surface area contributed by atoms with E-state index in [1.807, 2.05) is 48.5 Å². The van der Waals surface area contributed by atoms with E-state index in [2.05, 4.69) is 26.1 Å². The summed E-state index contributed by atoms with van der Waals surface area (Å²) in [7, 11) is 1.63. The summed E-state index contributed by atoms with van der Waals surface area (Å²) in [4.78, 5) is 15.0. The van der Waals surface area contributed by atoms with Gasteiger partial charge in [-0.2, -0.15) is 0 Å². The Labute approximate surface area is 171 Å². The van der Waals surface area contributed by atoms with Crippen molar-refractivity contribution in [2.75, 3.05) is 12.0 Å². The smallest absolute Gasteiger partial charge is 0.245 e. The number of hydrogen-bond donors (Lipinski definition) is 0. The highest BCUT2D eigenvalue weighted by Crippen LogP contribution is 2.41. The number of carbonyl (C=O) groups is 1. The molecule has 0 atom stereocenters. The Morgan fingerprint density at radius 3 is 2.57 bits per heavy atom. The van der Waals surface area contributed by atoms with Crippen LogP contribution in [-0.4, -0.2) is 23.2 Å². The van der Waals surface area contributed by atoms with E-state index < -0.39 is 0 Å². The average Bonchev–Trinajstić information content (AvgIpc) is 3.12. The molecule has 28 heavy (non-hydrogen) atoms. The molecule has 4 rings (SSSR count). The molecular formula is C21H18BrN3O3. The second-order valence-corrected chi connectivity index (χ2v) is 7.23. The van der Waals surface area contributed by atoms with Crippen LogP contribution in [0.3, 0.4) is 0 Å². The van der Waals surface area contributed by atoms with Gasteiger partial charge in [0.25, 0.3) is 0 Å². The van der Waals surface area contributed by atoms with Gasteiger partial charge in [0, 0.05) is 22.5 Å². The summed E-state index contributed by atoms with van der Waals surface area (Å²) in [5, 5.41) is 8.01. The van der Waals surface area contributed by atoms with Gasteiger partial charge in [-0.15, -0.1) is 10.2 Å². The van der Waals surface area contributed by atoms with E-state index in [0.717, 1.165) is 27.0 Å². The normalized spacial score (nSPS) is 14.1. The first-order chi connectivity index (χ1) is 13.6. The van der Waals surface area contributed by atoms with Crippen molar-refractivity contribution < 1.29 is 13.9 Å². The van der Waals surface area contributed by atoms with Crippen LogP contribution < -0.4 is 9.64 Å². The first-order valence-electron chi connectivity index (χ1n) is 8.78. The molecule has 0 aliphatic carbocycles. The summed E-state index contributed by atoms with van der Waals surface area (Å²) in [6.07, 6.45) is 0.160. The van der Waals surface area contributed by atoms with Crippen LogP contribution in [0.5, 0.6) is 5.75 Å². The monoisotopic (exact) mass is 439 g/mol. The largest absolute Gasteiger partial charge is 0.497 e. The molecule has 0 N–H and O–H groups in total. The number of carbonyl (C=O) groups excluding carboxylic acids is 1. The number of hydrogen-bond acceptors (Lipinski definition) is 5. The van der Waals surface area contributed by atoms with Crippen LogP contribution in [0.2, 0.25) is 0 Å². The van der Waals surface area contributed by atoms with Gasteiger partial charge in [-0.1, -0.05) is 30.3 Å². The molecule has 2 aromatic carbocycles. The standard InChI is InChI=1S/C21H18BrN3O3/c1-13-23-24-21(28-13)17-11-19(26)25(12-14-7-9-15(27-2)10-8-14)18-6-4-3-5-16(18)20(17)22/h3-10H,11-12H2,1-2H3. The van der Waals surface area contributed by atoms with Gasteiger partial charge < -0.3 is 14.1 Å². The number of nitrogens with zero attached hydrogens (tertiary/aromatic N) is 3. The molecule has 0 saturated heterocycles. The summed E-state index contributed by atoms with van der Waals surface area (Å²) < 4.78 is 11.6. The predicted octanol–water partition coefficient (Wildman–Crippen LogP) is 4.59. The van der Waals surface area contributed by atoms with Crippen molar-refractivity contribution in [3.8, 4) is 5.75 Å². The third-order valence-corrected chi connectivity index (χ3v) is 5.52. The number of rotatable bonds is 4. The number of methoxy groups -OCH3 is 1. The van der Waals surface area contributed by atoms with Crippen molar-refractivity contribution in [3.05, 3.63) is 71.4 Å². The number of anilines is 1. The highest BCUT2D eigenvalue weighted by Gasteiger charge is 2.29. The van der Waals surface area contributed by atoms with E-state index >= 15 is 0 Å². The van der Waals surface area contributed by atoms with Gasteiger partial charge in [0.15, 0.2) is 0 Å². The summed E-state index contributed by atoms with van der Waals surface area (Å²) in [5.74, 6) is 1.56. The maximum Gasteiger partial charge on any atom is 0.245 e. The molecule has 0 fully saturated rings. The minimum atomic E-state index is -0.0384. The molecule has 0 saturated carbocycles. The Balaban J connectivity index is 1.75. The number of para-hydroxylation sites is 1. The molecule has 1 aliphatic heterocycles. The zero-order chi connectivity index (χ0) is 19.7. The molecular weight excluding hydrogens is 422 g/mol. The Morgan fingerprint density at radius 2 is 1.89 bits per heavy atom. The van der Waals surface area contributed by atoms with Crippen molar-refractivity contribution in [3.63, 3.8) is 0 Å². The van der Waals surface area contributed by atoms with Gasteiger partial charge in [-0.25, -0.2) is 0 Å². The number of benzene rings is 2. The average molecular weight is 440 g/mol. The number of halogens is 1. The molecule has 3 aromatic rings. The first-order valence-corrected chi connectivity index (χ1v) is 9.58. The number of aryl methyl sites for hydroxylation is 1. The summed E-state index contributed by atoms with van der Waals surface area (Å²) in [5.41, 5.74) is 3.45. The van der Waals surface area contributed by atoms with Crippen LogP contribution in [0.15, 0.2) is 52.9 Å². The van der Waals surface area contributed by atoms with Crippen LogP contribution in [0.1, 0.15) is 29.3 Å². The second-order valence-electron chi connectivity index (χ2n) is 6.44. The molecule has 2 heterocycles. The van der Waals surface area contributed by atoms with E-state index in [4.69, 9.17) is 9.15 Å². The van der Waals surface area contributed by atoms with Crippen molar-refractivity contribution in [2.24, 2.45) is 0 Å².